The third-order valence-electron chi connectivity index (χ3n) is 3.17. The topological polar surface area (TPSA) is 61.4 Å². The highest BCUT2D eigenvalue weighted by Gasteiger charge is 2.16. The van der Waals surface area contributed by atoms with E-state index in [1.54, 1.807) is 18.2 Å². The molecule has 2 rings (SSSR count). The lowest BCUT2D eigenvalue weighted by molar-refractivity contribution is 0.0846. The van der Waals surface area contributed by atoms with Crippen molar-refractivity contribution >= 4 is 29.1 Å². The second-order valence-corrected chi connectivity index (χ2v) is 5.51. The summed E-state index contributed by atoms with van der Waals surface area (Å²) in [5, 5.41) is -0.268. The van der Waals surface area contributed by atoms with Crippen LogP contribution in [0.1, 0.15) is 20.7 Å². The van der Waals surface area contributed by atoms with E-state index in [2.05, 4.69) is 10.9 Å². The van der Waals surface area contributed by atoms with E-state index < -0.39 is 23.4 Å². The Morgan fingerprint density at radius 1 is 1.00 bits per heavy atom. The number of hydrazine groups is 1. The molecule has 0 aromatic heterocycles. The first kappa shape index (κ1) is 17.7. The lowest BCUT2D eigenvalue weighted by Gasteiger charge is -2.14. The SMILES string of the molecule is CN(C)c1cccc(C(=O)NNC(=O)c2cc(F)c(F)cc2Cl)c1. The monoisotopic (exact) mass is 353 g/mol. The number of hydrogen-bond donors (Lipinski definition) is 2. The standard InChI is InChI=1S/C16H14ClF2N3O2/c1-22(2)10-5-3-4-9(6-10)15(23)20-21-16(24)11-7-13(18)14(19)8-12(11)17/h3-8H,1-2H3,(H,20,23)(H,21,24). The predicted molar refractivity (Wildman–Crippen MR) is 87.1 cm³/mol. The van der Waals surface area contributed by atoms with Crippen LogP contribution < -0.4 is 15.8 Å². The van der Waals surface area contributed by atoms with E-state index in [1.807, 2.05) is 25.1 Å². The van der Waals surface area contributed by atoms with Gasteiger partial charge in [-0.3, -0.25) is 20.4 Å². The summed E-state index contributed by atoms with van der Waals surface area (Å²) in [7, 11) is 3.65. The minimum Gasteiger partial charge on any atom is -0.378 e. The molecule has 0 saturated carbocycles. The number of anilines is 1. The molecule has 0 radical (unpaired) electrons. The second kappa shape index (κ2) is 7.27. The van der Waals surface area contributed by atoms with Crippen molar-refractivity contribution in [3.05, 3.63) is 64.2 Å². The van der Waals surface area contributed by atoms with E-state index in [1.165, 1.54) is 0 Å². The van der Waals surface area contributed by atoms with Gasteiger partial charge in [0.1, 0.15) is 0 Å². The second-order valence-electron chi connectivity index (χ2n) is 5.10. The molecular weight excluding hydrogens is 340 g/mol. The van der Waals surface area contributed by atoms with E-state index in [0.717, 1.165) is 5.69 Å². The number of rotatable bonds is 3. The van der Waals surface area contributed by atoms with E-state index >= 15 is 0 Å². The molecule has 0 fully saturated rings. The van der Waals surface area contributed by atoms with Gasteiger partial charge in [-0.05, 0) is 30.3 Å². The van der Waals surface area contributed by atoms with Crippen molar-refractivity contribution in [3.8, 4) is 0 Å². The Bertz CT molecular complexity index is 797. The molecule has 0 heterocycles. The molecule has 126 valence electrons. The summed E-state index contributed by atoms with van der Waals surface area (Å²) >= 11 is 5.70. The molecule has 0 aliphatic heterocycles. The molecule has 0 atom stereocenters. The molecule has 0 spiro atoms. The summed E-state index contributed by atoms with van der Waals surface area (Å²) in [5.41, 5.74) is 5.13. The van der Waals surface area contributed by atoms with Crippen LogP contribution in [0.5, 0.6) is 0 Å². The molecular formula is C16H14ClF2N3O2. The van der Waals surface area contributed by atoms with Gasteiger partial charge in [-0.1, -0.05) is 17.7 Å². The molecule has 5 nitrogen and oxygen atoms in total. The Morgan fingerprint density at radius 3 is 2.29 bits per heavy atom. The Balaban J connectivity index is 2.08. The number of carbonyl (C=O) groups is 2. The van der Waals surface area contributed by atoms with Crippen LogP contribution in [-0.2, 0) is 0 Å². The number of hydrogen-bond acceptors (Lipinski definition) is 3. The first-order valence-electron chi connectivity index (χ1n) is 6.82. The molecule has 0 unspecified atom stereocenters. The predicted octanol–water partition coefficient (Wildman–Crippen LogP) is 2.76. The number of carbonyl (C=O) groups excluding carboxylic acids is 2. The molecule has 8 heteroatoms. The van der Waals surface area contributed by atoms with Gasteiger partial charge in [0.25, 0.3) is 11.8 Å². The number of halogens is 3. The van der Waals surface area contributed by atoms with Crippen LogP contribution in [0.3, 0.4) is 0 Å². The fraction of sp³-hybridized carbons (Fsp3) is 0.125. The summed E-state index contributed by atoms with van der Waals surface area (Å²) in [5.74, 6) is -3.81. The maximum Gasteiger partial charge on any atom is 0.271 e. The largest absolute Gasteiger partial charge is 0.378 e. The van der Waals surface area contributed by atoms with Gasteiger partial charge >= 0.3 is 0 Å². The quantitative estimate of drug-likeness (QED) is 0.659. The van der Waals surface area contributed by atoms with Crippen molar-refractivity contribution in [2.75, 3.05) is 19.0 Å². The van der Waals surface area contributed by atoms with Gasteiger partial charge in [0.05, 0.1) is 10.6 Å². The lowest BCUT2D eigenvalue weighted by Crippen LogP contribution is -2.41. The van der Waals surface area contributed by atoms with Gasteiger partial charge in [-0.2, -0.15) is 0 Å². The zero-order chi connectivity index (χ0) is 17.9. The van der Waals surface area contributed by atoms with Crippen molar-refractivity contribution in [1.29, 1.82) is 0 Å². The Morgan fingerprint density at radius 2 is 1.62 bits per heavy atom. The average Bonchev–Trinajstić information content (AvgIpc) is 2.55. The third kappa shape index (κ3) is 3.99. The van der Waals surface area contributed by atoms with Gasteiger partial charge in [-0.15, -0.1) is 0 Å². The van der Waals surface area contributed by atoms with Crippen molar-refractivity contribution in [2.45, 2.75) is 0 Å². The number of nitrogens with one attached hydrogen (secondary N) is 2. The molecule has 2 amide bonds. The van der Waals surface area contributed by atoms with E-state index in [-0.39, 0.29) is 10.6 Å². The Hall–Kier alpha value is -2.67. The third-order valence-corrected chi connectivity index (χ3v) is 3.48. The van der Waals surface area contributed by atoms with Crippen LogP contribution in [-0.4, -0.2) is 25.9 Å². The molecule has 2 aromatic rings. The number of amides is 2. The number of nitrogens with zero attached hydrogens (tertiary/aromatic N) is 1. The van der Waals surface area contributed by atoms with Gasteiger partial charge in [-0.25, -0.2) is 8.78 Å². The molecule has 2 N–H and O–H groups in total. The smallest absolute Gasteiger partial charge is 0.271 e. The highest BCUT2D eigenvalue weighted by Crippen LogP contribution is 2.19. The van der Waals surface area contributed by atoms with Gasteiger partial charge < -0.3 is 4.90 Å². The summed E-state index contributed by atoms with van der Waals surface area (Å²) < 4.78 is 26.2. The van der Waals surface area contributed by atoms with Crippen molar-refractivity contribution in [1.82, 2.24) is 10.9 Å². The van der Waals surface area contributed by atoms with Gasteiger partial charge in [0.2, 0.25) is 0 Å². The van der Waals surface area contributed by atoms with Crippen LogP contribution in [0, 0.1) is 11.6 Å². The molecule has 0 bridgehead atoms. The molecule has 0 saturated heterocycles. The minimum absolute atomic E-state index is 0.268. The van der Waals surface area contributed by atoms with Crippen LogP contribution in [0.2, 0.25) is 5.02 Å². The zero-order valence-electron chi connectivity index (χ0n) is 12.9. The first-order chi connectivity index (χ1) is 11.3. The summed E-state index contributed by atoms with van der Waals surface area (Å²) in [4.78, 5) is 25.8. The van der Waals surface area contributed by atoms with Crippen molar-refractivity contribution in [3.63, 3.8) is 0 Å². The summed E-state index contributed by atoms with van der Waals surface area (Å²) in [6.07, 6.45) is 0. The highest BCUT2D eigenvalue weighted by molar-refractivity contribution is 6.33. The number of benzene rings is 2. The lowest BCUT2D eigenvalue weighted by atomic mass is 10.2. The van der Waals surface area contributed by atoms with Crippen LogP contribution in [0.15, 0.2) is 36.4 Å². The van der Waals surface area contributed by atoms with E-state index in [0.29, 0.717) is 17.7 Å². The average molecular weight is 354 g/mol. The Kier molecular flexibility index (Phi) is 5.35. The van der Waals surface area contributed by atoms with Crippen LogP contribution in [0.25, 0.3) is 0 Å². The molecule has 2 aromatic carbocycles. The maximum absolute atomic E-state index is 13.2. The maximum atomic E-state index is 13.2. The minimum atomic E-state index is -1.21. The molecule has 0 aliphatic rings. The van der Waals surface area contributed by atoms with E-state index in [4.69, 9.17) is 11.6 Å². The van der Waals surface area contributed by atoms with Gasteiger partial charge in [0.15, 0.2) is 11.6 Å². The molecule has 24 heavy (non-hydrogen) atoms. The fourth-order valence-electron chi connectivity index (χ4n) is 1.87. The van der Waals surface area contributed by atoms with E-state index in [9.17, 15) is 18.4 Å². The van der Waals surface area contributed by atoms with Crippen LogP contribution in [0.4, 0.5) is 14.5 Å². The summed E-state index contributed by atoms with van der Waals surface area (Å²) in [6.45, 7) is 0. The summed E-state index contributed by atoms with van der Waals surface area (Å²) in [6, 6.07) is 8.06. The first-order valence-corrected chi connectivity index (χ1v) is 7.20. The normalized spacial score (nSPS) is 10.2. The highest BCUT2D eigenvalue weighted by atomic mass is 35.5. The molecule has 0 aliphatic carbocycles. The van der Waals surface area contributed by atoms with Crippen LogP contribution >= 0.6 is 11.6 Å². The van der Waals surface area contributed by atoms with Crippen molar-refractivity contribution in [2.24, 2.45) is 0 Å². The Labute approximate surface area is 142 Å². The van der Waals surface area contributed by atoms with Crippen molar-refractivity contribution < 1.29 is 18.4 Å². The zero-order valence-corrected chi connectivity index (χ0v) is 13.6. The van der Waals surface area contributed by atoms with Gasteiger partial charge in [0, 0.05) is 25.3 Å². The fourth-order valence-corrected chi connectivity index (χ4v) is 2.11.